The van der Waals surface area contributed by atoms with Crippen LogP contribution in [0, 0.1) is 23.7 Å². The van der Waals surface area contributed by atoms with E-state index in [-0.39, 0.29) is 30.3 Å². The van der Waals surface area contributed by atoms with Crippen molar-refractivity contribution in [3.63, 3.8) is 0 Å². The minimum Gasteiger partial charge on any atom is -0.490 e. The molecule has 8 heteroatoms. The molecule has 0 atom stereocenters. The number of aliphatic hydroxyl groups is 1. The SMILES string of the molecule is Cc1cc(OC2CCC(NC(=O)c3cnc(OC4CC5(CCC(O)CC5)C4)nc3)CC2)ccc1C#N. The van der Waals surface area contributed by atoms with Crippen LogP contribution in [-0.4, -0.2) is 45.3 Å². The lowest BCUT2D eigenvalue weighted by molar-refractivity contribution is -0.0645. The molecule has 1 amide bonds. The molecule has 2 aromatic rings. The summed E-state index contributed by atoms with van der Waals surface area (Å²) in [5.41, 5.74) is 2.33. The van der Waals surface area contributed by atoms with Gasteiger partial charge in [-0.25, -0.2) is 9.97 Å². The van der Waals surface area contributed by atoms with Crippen LogP contribution in [0.5, 0.6) is 11.8 Å². The van der Waals surface area contributed by atoms with Crippen molar-refractivity contribution in [2.75, 3.05) is 0 Å². The average molecular weight is 491 g/mol. The Morgan fingerprint density at radius 2 is 1.75 bits per heavy atom. The first-order valence-electron chi connectivity index (χ1n) is 13.1. The summed E-state index contributed by atoms with van der Waals surface area (Å²) >= 11 is 0. The highest BCUT2D eigenvalue weighted by Crippen LogP contribution is 2.52. The van der Waals surface area contributed by atoms with Crippen LogP contribution in [0.4, 0.5) is 0 Å². The van der Waals surface area contributed by atoms with Gasteiger partial charge in [0, 0.05) is 18.4 Å². The monoisotopic (exact) mass is 490 g/mol. The summed E-state index contributed by atoms with van der Waals surface area (Å²) in [6.45, 7) is 1.91. The van der Waals surface area contributed by atoms with Crippen LogP contribution in [0.15, 0.2) is 30.6 Å². The molecule has 190 valence electrons. The Labute approximate surface area is 212 Å². The number of hydrogen-bond acceptors (Lipinski definition) is 7. The van der Waals surface area contributed by atoms with E-state index in [0.29, 0.717) is 22.6 Å². The molecule has 8 nitrogen and oxygen atoms in total. The molecule has 1 heterocycles. The van der Waals surface area contributed by atoms with E-state index < -0.39 is 0 Å². The molecule has 0 radical (unpaired) electrons. The summed E-state index contributed by atoms with van der Waals surface area (Å²) in [7, 11) is 0. The van der Waals surface area contributed by atoms with Crippen molar-refractivity contribution in [2.45, 2.75) is 95.5 Å². The Kier molecular flexibility index (Phi) is 7.10. The number of nitriles is 1. The standard InChI is InChI=1S/C28H34N4O4/c1-18-12-24(5-2-19(18)15-29)35-23-6-3-21(4-7-23)32-26(34)20-16-30-27(31-17-20)36-25-13-28(14-25)10-8-22(33)9-11-28/h2,5,12,16-17,21-23,25,33H,3-4,6-11,13-14H2,1H3,(H,32,34). The zero-order valence-corrected chi connectivity index (χ0v) is 20.8. The minimum atomic E-state index is -0.169. The Morgan fingerprint density at radius 1 is 1.06 bits per heavy atom. The molecule has 3 aliphatic carbocycles. The third kappa shape index (κ3) is 5.62. The topological polar surface area (TPSA) is 117 Å². The average Bonchev–Trinajstić information content (AvgIpc) is 2.86. The van der Waals surface area contributed by atoms with Gasteiger partial charge >= 0.3 is 6.01 Å². The van der Waals surface area contributed by atoms with Gasteiger partial charge in [0.2, 0.25) is 0 Å². The summed E-state index contributed by atoms with van der Waals surface area (Å²) in [6.07, 6.45) is 12.4. The first kappa shape index (κ1) is 24.5. The smallest absolute Gasteiger partial charge is 0.316 e. The Hall–Kier alpha value is -3.18. The molecule has 0 unspecified atom stereocenters. The third-order valence-electron chi connectivity index (χ3n) is 8.13. The number of carbonyl (C=O) groups excluding carboxylic acids is 1. The fraction of sp³-hybridized carbons (Fsp3) is 0.571. The summed E-state index contributed by atoms with van der Waals surface area (Å²) in [5, 5.41) is 21.9. The molecule has 2 N–H and O–H groups in total. The second kappa shape index (κ2) is 10.4. The zero-order chi connectivity index (χ0) is 25.1. The number of aliphatic hydroxyl groups excluding tert-OH is 1. The van der Waals surface area contributed by atoms with Crippen LogP contribution < -0.4 is 14.8 Å². The summed E-state index contributed by atoms with van der Waals surface area (Å²) in [4.78, 5) is 21.2. The molecule has 36 heavy (non-hydrogen) atoms. The lowest BCUT2D eigenvalue weighted by Gasteiger charge is -2.50. The lowest BCUT2D eigenvalue weighted by atomic mass is 9.59. The van der Waals surface area contributed by atoms with Crippen molar-refractivity contribution < 1.29 is 19.4 Å². The Balaban J connectivity index is 1.04. The summed E-state index contributed by atoms with van der Waals surface area (Å²) in [6, 6.07) is 8.13. The molecular formula is C28H34N4O4. The van der Waals surface area contributed by atoms with Gasteiger partial charge in [0.15, 0.2) is 0 Å². The van der Waals surface area contributed by atoms with Crippen LogP contribution >= 0.6 is 0 Å². The van der Waals surface area contributed by atoms with E-state index in [9.17, 15) is 9.90 Å². The molecule has 0 aliphatic heterocycles. The number of aryl methyl sites for hydroxylation is 1. The molecule has 3 fully saturated rings. The maximum absolute atomic E-state index is 12.7. The number of aromatic nitrogens is 2. The van der Waals surface area contributed by atoms with Crippen LogP contribution in [0.1, 0.15) is 85.7 Å². The van der Waals surface area contributed by atoms with Gasteiger partial charge in [-0.15, -0.1) is 0 Å². The molecule has 0 saturated heterocycles. The van der Waals surface area contributed by atoms with Crippen molar-refractivity contribution in [1.29, 1.82) is 5.26 Å². The number of carbonyl (C=O) groups is 1. The van der Waals surface area contributed by atoms with Crippen LogP contribution in [0.3, 0.4) is 0 Å². The van der Waals surface area contributed by atoms with Crippen molar-refractivity contribution in [2.24, 2.45) is 5.41 Å². The molecule has 1 aromatic heterocycles. The number of nitrogens with zero attached hydrogens (tertiary/aromatic N) is 3. The fourth-order valence-electron chi connectivity index (χ4n) is 5.88. The van der Waals surface area contributed by atoms with Crippen molar-refractivity contribution >= 4 is 5.91 Å². The van der Waals surface area contributed by atoms with E-state index >= 15 is 0 Å². The maximum Gasteiger partial charge on any atom is 0.316 e. The van der Waals surface area contributed by atoms with Crippen molar-refractivity contribution in [3.05, 3.63) is 47.3 Å². The maximum atomic E-state index is 12.7. The number of nitrogens with one attached hydrogen (secondary N) is 1. The first-order valence-corrected chi connectivity index (χ1v) is 13.1. The highest BCUT2D eigenvalue weighted by atomic mass is 16.5. The van der Waals surface area contributed by atoms with Crippen molar-refractivity contribution in [1.82, 2.24) is 15.3 Å². The molecular weight excluding hydrogens is 456 g/mol. The van der Waals surface area contributed by atoms with Gasteiger partial charge in [0.25, 0.3) is 5.91 Å². The number of amides is 1. The van der Waals surface area contributed by atoms with E-state index in [1.54, 1.807) is 6.07 Å². The highest BCUT2D eigenvalue weighted by Gasteiger charge is 2.47. The predicted molar refractivity (Wildman–Crippen MR) is 133 cm³/mol. The molecule has 3 saturated carbocycles. The van der Waals surface area contributed by atoms with E-state index in [0.717, 1.165) is 75.5 Å². The van der Waals surface area contributed by atoms with E-state index in [2.05, 4.69) is 21.4 Å². The van der Waals surface area contributed by atoms with Crippen LogP contribution in [0.25, 0.3) is 0 Å². The number of ether oxygens (including phenoxy) is 2. The molecule has 0 bridgehead atoms. The van der Waals surface area contributed by atoms with Gasteiger partial charge in [0.05, 0.1) is 29.4 Å². The van der Waals surface area contributed by atoms with Crippen molar-refractivity contribution in [3.8, 4) is 17.8 Å². The second-order valence-corrected chi connectivity index (χ2v) is 10.8. The predicted octanol–water partition coefficient (Wildman–Crippen LogP) is 4.24. The highest BCUT2D eigenvalue weighted by molar-refractivity contribution is 5.93. The van der Waals surface area contributed by atoms with Gasteiger partial charge in [0.1, 0.15) is 11.9 Å². The number of hydrogen-bond donors (Lipinski definition) is 2. The van der Waals surface area contributed by atoms with Crippen LogP contribution in [0.2, 0.25) is 0 Å². The first-order chi connectivity index (χ1) is 17.4. The Bertz CT molecular complexity index is 1110. The molecule has 1 spiro atoms. The third-order valence-corrected chi connectivity index (χ3v) is 8.13. The molecule has 1 aromatic carbocycles. The fourth-order valence-corrected chi connectivity index (χ4v) is 5.88. The molecule has 3 aliphatic rings. The van der Waals surface area contributed by atoms with Crippen LogP contribution in [-0.2, 0) is 0 Å². The largest absolute Gasteiger partial charge is 0.490 e. The second-order valence-electron chi connectivity index (χ2n) is 10.8. The van der Waals surface area contributed by atoms with Gasteiger partial charge in [-0.05, 0) is 100 Å². The van der Waals surface area contributed by atoms with E-state index in [1.165, 1.54) is 12.4 Å². The van der Waals surface area contributed by atoms with Gasteiger partial charge in [-0.3, -0.25) is 4.79 Å². The number of benzene rings is 1. The number of rotatable bonds is 6. The normalized spacial score (nSPS) is 29.6. The van der Waals surface area contributed by atoms with Gasteiger partial charge < -0.3 is 19.9 Å². The van der Waals surface area contributed by atoms with Gasteiger partial charge in [-0.1, -0.05) is 0 Å². The summed E-state index contributed by atoms with van der Waals surface area (Å²) < 4.78 is 12.0. The van der Waals surface area contributed by atoms with E-state index in [1.807, 2.05) is 19.1 Å². The quantitative estimate of drug-likeness (QED) is 0.622. The Morgan fingerprint density at radius 3 is 2.39 bits per heavy atom. The van der Waals surface area contributed by atoms with Gasteiger partial charge in [-0.2, -0.15) is 5.26 Å². The molecule has 5 rings (SSSR count). The zero-order valence-electron chi connectivity index (χ0n) is 20.8. The van der Waals surface area contributed by atoms with E-state index in [4.69, 9.17) is 14.7 Å². The minimum absolute atomic E-state index is 0.0937. The lowest BCUT2D eigenvalue weighted by Crippen LogP contribution is -2.47. The summed E-state index contributed by atoms with van der Waals surface area (Å²) in [5.74, 6) is 0.616.